The third-order valence-electron chi connectivity index (χ3n) is 3.73. The average molecular weight is 335 g/mol. The van der Waals surface area contributed by atoms with Crippen LogP contribution in [0.15, 0.2) is 34.9 Å². The summed E-state index contributed by atoms with van der Waals surface area (Å²) in [6.45, 7) is 5.12. The Morgan fingerprint density at radius 3 is 3.05 bits per heavy atom. The molecule has 0 radical (unpaired) electrons. The van der Waals surface area contributed by atoms with Gasteiger partial charge < -0.3 is 10.1 Å². The summed E-state index contributed by atoms with van der Waals surface area (Å²) in [5.41, 5.74) is 2.09. The van der Waals surface area contributed by atoms with Crippen LogP contribution in [-0.2, 0) is 4.74 Å². The second kappa shape index (κ2) is 5.34. The minimum absolute atomic E-state index is 0.0447. The molecule has 2 aromatic rings. The van der Waals surface area contributed by atoms with Crippen LogP contribution < -0.4 is 5.32 Å². The van der Waals surface area contributed by atoms with Crippen LogP contribution in [-0.4, -0.2) is 23.2 Å². The normalized spacial score (nSPS) is 21.9. The van der Waals surface area contributed by atoms with Gasteiger partial charge in [0.05, 0.1) is 16.8 Å². The van der Waals surface area contributed by atoms with Crippen molar-refractivity contribution in [2.24, 2.45) is 0 Å². The Hall–Kier alpha value is -1.13. The summed E-state index contributed by atoms with van der Waals surface area (Å²) in [6.07, 6.45) is 3.90. The minimum Gasteiger partial charge on any atom is -0.380 e. The predicted octanol–water partition coefficient (Wildman–Crippen LogP) is 4.37. The molecule has 3 nitrogen and oxygen atoms in total. The van der Waals surface area contributed by atoms with Gasteiger partial charge in [0.1, 0.15) is 0 Å². The second-order valence-electron chi connectivity index (χ2n) is 5.97. The van der Waals surface area contributed by atoms with Crippen LogP contribution in [0.3, 0.4) is 0 Å². The van der Waals surface area contributed by atoms with Gasteiger partial charge in [0.15, 0.2) is 0 Å². The third-order valence-corrected chi connectivity index (χ3v) is 4.17. The second-order valence-corrected chi connectivity index (χ2v) is 6.89. The van der Waals surface area contributed by atoms with Gasteiger partial charge in [0.2, 0.25) is 0 Å². The van der Waals surface area contributed by atoms with Crippen LogP contribution in [0.4, 0.5) is 5.69 Å². The lowest BCUT2D eigenvalue weighted by Crippen LogP contribution is -2.40. The maximum Gasteiger partial charge on any atom is 0.0934 e. The molecule has 1 unspecified atom stereocenters. The van der Waals surface area contributed by atoms with Crippen molar-refractivity contribution in [1.82, 2.24) is 4.98 Å². The number of nitrogens with one attached hydrogen (secondary N) is 1. The Bertz CT molecular complexity index is 627. The lowest BCUT2D eigenvalue weighted by atomic mass is 9.93. The summed E-state index contributed by atoms with van der Waals surface area (Å²) < 4.78 is 6.78. The number of fused-ring (bicyclic) bond motifs is 1. The van der Waals surface area contributed by atoms with E-state index in [9.17, 15) is 0 Å². The van der Waals surface area contributed by atoms with Crippen LogP contribution in [0.25, 0.3) is 10.9 Å². The maximum atomic E-state index is 5.77. The summed E-state index contributed by atoms with van der Waals surface area (Å²) in [4.78, 5) is 4.54. The molecule has 106 valence electrons. The monoisotopic (exact) mass is 334 g/mol. The number of halogens is 1. The van der Waals surface area contributed by atoms with Crippen molar-refractivity contribution >= 4 is 32.5 Å². The van der Waals surface area contributed by atoms with Crippen molar-refractivity contribution in [2.75, 3.05) is 11.9 Å². The van der Waals surface area contributed by atoms with Crippen LogP contribution in [0, 0.1) is 0 Å². The molecular weight excluding hydrogens is 316 g/mol. The van der Waals surface area contributed by atoms with E-state index in [0.29, 0.717) is 6.04 Å². The standard InChI is InChI=1S/C16H19BrN2O/c1-16(2)9-13(6-7-20-16)19-14-5-3-4-11-8-12(17)10-18-15(11)14/h3-5,8,10,13,19H,6-7,9H2,1-2H3. The summed E-state index contributed by atoms with van der Waals surface area (Å²) in [6, 6.07) is 8.80. The van der Waals surface area contributed by atoms with E-state index in [4.69, 9.17) is 4.74 Å². The van der Waals surface area contributed by atoms with Gasteiger partial charge >= 0.3 is 0 Å². The topological polar surface area (TPSA) is 34.2 Å². The molecular formula is C16H19BrN2O. The average Bonchev–Trinajstić information content (AvgIpc) is 2.37. The van der Waals surface area contributed by atoms with Gasteiger partial charge in [-0.25, -0.2) is 0 Å². The summed E-state index contributed by atoms with van der Waals surface area (Å²) in [5.74, 6) is 0. The number of rotatable bonds is 2. The predicted molar refractivity (Wildman–Crippen MR) is 86.1 cm³/mol. The van der Waals surface area contributed by atoms with Gasteiger partial charge in [-0.15, -0.1) is 0 Å². The molecule has 1 atom stereocenters. The number of hydrogen-bond acceptors (Lipinski definition) is 3. The highest BCUT2D eigenvalue weighted by molar-refractivity contribution is 9.10. The zero-order valence-corrected chi connectivity index (χ0v) is 13.4. The quantitative estimate of drug-likeness (QED) is 0.885. The van der Waals surface area contributed by atoms with Crippen molar-refractivity contribution in [3.05, 3.63) is 34.9 Å². The highest BCUT2D eigenvalue weighted by Crippen LogP contribution is 2.29. The van der Waals surface area contributed by atoms with Crippen molar-refractivity contribution < 1.29 is 4.74 Å². The van der Waals surface area contributed by atoms with Gasteiger partial charge in [-0.05, 0) is 54.8 Å². The van der Waals surface area contributed by atoms with Gasteiger partial charge in [-0.2, -0.15) is 0 Å². The van der Waals surface area contributed by atoms with E-state index in [1.54, 1.807) is 0 Å². The molecule has 0 saturated carbocycles. The van der Waals surface area contributed by atoms with E-state index < -0.39 is 0 Å². The Kier molecular flexibility index (Phi) is 3.69. The van der Waals surface area contributed by atoms with Crippen LogP contribution in [0.1, 0.15) is 26.7 Å². The maximum absolute atomic E-state index is 5.77. The number of pyridine rings is 1. The Morgan fingerprint density at radius 2 is 2.25 bits per heavy atom. The molecule has 0 spiro atoms. The molecule has 1 N–H and O–H groups in total. The molecule has 3 rings (SSSR count). The lowest BCUT2D eigenvalue weighted by molar-refractivity contribution is -0.0553. The Balaban J connectivity index is 1.87. The van der Waals surface area contributed by atoms with E-state index in [0.717, 1.165) is 40.5 Å². The Labute approximate surface area is 127 Å². The molecule has 1 aliphatic heterocycles. The molecule has 1 aliphatic rings. The highest BCUT2D eigenvalue weighted by Gasteiger charge is 2.28. The van der Waals surface area contributed by atoms with E-state index in [1.165, 1.54) is 0 Å². The first-order chi connectivity index (χ1) is 9.53. The summed E-state index contributed by atoms with van der Waals surface area (Å²) >= 11 is 3.47. The summed E-state index contributed by atoms with van der Waals surface area (Å²) in [5, 5.41) is 4.79. The first kappa shape index (κ1) is 13.8. The van der Waals surface area contributed by atoms with Crippen LogP contribution in [0.2, 0.25) is 0 Å². The minimum atomic E-state index is -0.0447. The molecule has 1 aromatic carbocycles. The molecule has 0 aliphatic carbocycles. The largest absolute Gasteiger partial charge is 0.380 e. The van der Waals surface area contributed by atoms with Crippen molar-refractivity contribution in [3.63, 3.8) is 0 Å². The molecule has 1 saturated heterocycles. The fraction of sp³-hybridized carbons (Fsp3) is 0.438. The first-order valence-corrected chi connectivity index (χ1v) is 7.78. The number of para-hydroxylation sites is 1. The molecule has 2 heterocycles. The van der Waals surface area contributed by atoms with E-state index in [2.05, 4.69) is 64.3 Å². The smallest absolute Gasteiger partial charge is 0.0934 e. The van der Waals surface area contributed by atoms with Gasteiger partial charge in [-0.3, -0.25) is 4.98 Å². The number of ether oxygens (including phenoxy) is 1. The van der Waals surface area contributed by atoms with Crippen LogP contribution >= 0.6 is 15.9 Å². The highest BCUT2D eigenvalue weighted by atomic mass is 79.9. The zero-order chi connectivity index (χ0) is 14.2. The third kappa shape index (κ3) is 2.96. The number of aromatic nitrogens is 1. The van der Waals surface area contributed by atoms with Crippen molar-refractivity contribution in [3.8, 4) is 0 Å². The van der Waals surface area contributed by atoms with Crippen molar-refractivity contribution in [1.29, 1.82) is 0 Å². The van der Waals surface area contributed by atoms with Gasteiger partial charge in [-0.1, -0.05) is 12.1 Å². The number of benzene rings is 1. The molecule has 1 fully saturated rings. The number of nitrogens with zero attached hydrogens (tertiary/aromatic N) is 1. The molecule has 0 bridgehead atoms. The fourth-order valence-electron chi connectivity index (χ4n) is 2.83. The lowest BCUT2D eigenvalue weighted by Gasteiger charge is -2.36. The van der Waals surface area contributed by atoms with Gasteiger partial charge in [0.25, 0.3) is 0 Å². The molecule has 4 heteroatoms. The molecule has 1 aromatic heterocycles. The number of hydrogen-bond donors (Lipinski definition) is 1. The van der Waals surface area contributed by atoms with E-state index in [-0.39, 0.29) is 5.60 Å². The van der Waals surface area contributed by atoms with Crippen molar-refractivity contribution in [2.45, 2.75) is 38.3 Å². The first-order valence-electron chi connectivity index (χ1n) is 6.98. The van der Waals surface area contributed by atoms with Gasteiger partial charge in [0, 0.05) is 28.7 Å². The molecule has 0 amide bonds. The SMILES string of the molecule is CC1(C)CC(Nc2cccc3cc(Br)cnc23)CCO1. The zero-order valence-electron chi connectivity index (χ0n) is 11.8. The van der Waals surface area contributed by atoms with E-state index in [1.807, 2.05) is 6.20 Å². The summed E-state index contributed by atoms with van der Waals surface area (Å²) in [7, 11) is 0. The van der Waals surface area contributed by atoms with Crippen LogP contribution in [0.5, 0.6) is 0 Å². The molecule has 20 heavy (non-hydrogen) atoms. The fourth-order valence-corrected chi connectivity index (χ4v) is 3.17. The number of anilines is 1. The Morgan fingerprint density at radius 1 is 1.40 bits per heavy atom. The van der Waals surface area contributed by atoms with E-state index >= 15 is 0 Å².